The molecule has 24 heavy (non-hydrogen) atoms. The second kappa shape index (κ2) is 7.19. The van der Waals surface area contributed by atoms with Gasteiger partial charge in [0.2, 0.25) is 0 Å². The zero-order chi connectivity index (χ0) is 16.9. The van der Waals surface area contributed by atoms with Crippen molar-refractivity contribution in [3.8, 4) is 11.5 Å². The SMILES string of the molecule is O=c1oc2ccccc2c(O)c1CCCOc1cccc(CO)c1. The van der Waals surface area contributed by atoms with Gasteiger partial charge in [-0.05, 0) is 42.7 Å². The molecule has 3 rings (SSSR count). The summed E-state index contributed by atoms with van der Waals surface area (Å²) in [6.45, 7) is 0.351. The Hall–Kier alpha value is -2.79. The fourth-order valence-corrected chi connectivity index (χ4v) is 2.57. The van der Waals surface area contributed by atoms with E-state index in [1.165, 1.54) is 0 Å². The highest BCUT2D eigenvalue weighted by Gasteiger charge is 2.13. The normalized spacial score (nSPS) is 10.9. The Bertz CT molecular complexity index is 898. The summed E-state index contributed by atoms with van der Waals surface area (Å²) < 4.78 is 10.8. The molecule has 0 saturated carbocycles. The Morgan fingerprint density at radius 3 is 2.75 bits per heavy atom. The summed E-state index contributed by atoms with van der Waals surface area (Å²) in [4.78, 5) is 12.0. The lowest BCUT2D eigenvalue weighted by Crippen LogP contribution is -2.10. The summed E-state index contributed by atoms with van der Waals surface area (Å²) in [5.74, 6) is 0.639. The van der Waals surface area contributed by atoms with Gasteiger partial charge in [0, 0.05) is 0 Å². The molecule has 0 amide bonds. The Kier molecular flexibility index (Phi) is 4.82. The van der Waals surface area contributed by atoms with Crippen LogP contribution in [-0.2, 0) is 13.0 Å². The van der Waals surface area contributed by atoms with Crippen molar-refractivity contribution in [1.29, 1.82) is 0 Å². The molecule has 0 saturated heterocycles. The number of hydrogen-bond donors (Lipinski definition) is 2. The second-order valence-electron chi connectivity index (χ2n) is 5.47. The van der Waals surface area contributed by atoms with Crippen LogP contribution in [-0.4, -0.2) is 16.8 Å². The summed E-state index contributed by atoms with van der Waals surface area (Å²) in [7, 11) is 0. The molecule has 1 aromatic heterocycles. The minimum Gasteiger partial charge on any atom is -0.507 e. The van der Waals surface area contributed by atoms with Gasteiger partial charge in [-0.15, -0.1) is 0 Å². The van der Waals surface area contributed by atoms with E-state index in [9.17, 15) is 9.90 Å². The van der Waals surface area contributed by atoms with Crippen molar-refractivity contribution < 1.29 is 19.4 Å². The molecule has 5 nitrogen and oxygen atoms in total. The summed E-state index contributed by atoms with van der Waals surface area (Å²) in [6, 6.07) is 14.1. The third-order valence-corrected chi connectivity index (χ3v) is 3.80. The van der Waals surface area contributed by atoms with Gasteiger partial charge in [0.25, 0.3) is 0 Å². The van der Waals surface area contributed by atoms with Gasteiger partial charge in [-0.25, -0.2) is 4.79 Å². The lowest BCUT2D eigenvalue weighted by Gasteiger charge is -2.08. The van der Waals surface area contributed by atoms with Crippen molar-refractivity contribution in [2.75, 3.05) is 6.61 Å². The maximum atomic E-state index is 12.0. The highest BCUT2D eigenvalue weighted by Crippen LogP contribution is 2.26. The average Bonchev–Trinajstić information content (AvgIpc) is 2.61. The molecular formula is C19H18O5. The van der Waals surface area contributed by atoms with Gasteiger partial charge in [0.15, 0.2) is 0 Å². The van der Waals surface area contributed by atoms with Crippen molar-refractivity contribution in [3.63, 3.8) is 0 Å². The fraction of sp³-hybridized carbons (Fsp3) is 0.211. The first-order valence-corrected chi connectivity index (χ1v) is 7.75. The number of fused-ring (bicyclic) bond motifs is 1. The molecule has 0 bridgehead atoms. The number of para-hydroxylation sites is 1. The quantitative estimate of drug-likeness (QED) is 0.538. The van der Waals surface area contributed by atoms with Crippen molar-refractivity contribution >= 4 is 11.0 Å². The van der Waals surface area contributed by atoms with E-state index in [4.69, 9.17) is 14.3 Å². The van der Waals surface area contributed by atoms with Crippen molar-refractivity contribution in [3.05, 3.63) is 70.1 Å². The monoisotopic (exact) mass is 326 g/mol. The van der Waals surface area contributed by atoms with E-state index >= 15 is 0 Å². The summed E-state index contributed by atoms with van der Waals surface area (Å²) in [6.07, 6.45) is 0.915. The van der Waals surface area contributed by atoms with Crippen LogP contribution in [0.5, 0.6) is 11.5 Å². The summed E-state index contributed by atoms with van der Waals surface area (Å²) in [5, 5.41) is 19.9. The number of hydrogen-bond acceptors (Lipinski definition) is 5. The van der Waals surface area contributed by atoms with Gasteiger partial charge in [0.1, 0.15) is 17.1 Å². The molecule has 0 fully saturated rings. The van der Waals surface area contributed by atoms with Gasteiger partial charge >= 0.3 is 5.63 Å². The highest BCUT2D eigenvalue weighted by molar-refractivity contribution is 5.83. The van der Waals surface area contributed by atoms with Crippen LogP contribution in [0.25, 0.3) is 11.0 Å². The number of rotatable bonds is 6. The number of benzene rings is 2. The van der Waals surface area contributed by atoms with Crippen LogP contribution in [0, 0.1) is 0 Å². The van der Waals surface area contributed by atoms with Crippen LogP contribution in [0.1, 0.15) is 17.5 Å². The standard InChI is InChI=1S/C19H18O5/c20-12-13-5-3-6-14(11-13)23-10-4-8-16-18(21)15-7-1-2-9-17(15)24-19(16)22/h1-3,5-7,9,11,20-21H,4,8,10,12H2. The molecule has 0 spiro atoms. The molecule has 124 valence electrons. The number of ether oxygens (including phenoxy) is 1. The largest absolute Gasteiger partial charge is 0.507 e. The first kappa shape index (κ1) is 16.1. The molecule has 0 aliphatic carbocycles. The molecule has 0 aliphatic heterocycles. The number of aliphatic hydroxyl groups is 1. The lowest BCUT2D eigenvalue weighted by atomic mass is 10.1. The van der Waals surface area contributed by atoms with Crippen LogP contribution in [0.2, 0.25) is 0 Å². The van der Waals surface area contributed by atoms with Gasteiger partial charge in [-0.1, -0.05) is 24.3 Å². The molecule has 2 N–H and O–H groups in total. The van der Waals surface area contributed by atoms with Crippen molar-refractivity contribution in [1.82, 2.24) is 0 Å². The topological polar surface area (TPSA) is 79.9 Å². The van der Waals surface area contributed by atoms with Gasteiger partial charge in [0.05, 0.1) is 24.2 Å². The van der Waals surface area contributed by atoms with E-state index in [1.54, 1.807) is 36.4 Å². The Morgan fingerprint density at radius 2 is 1.92 bits per heavy atom. The molecule has 0 atom stereocenters. The molecule has 2 aromatic carbocycles. The third-order valence-electron chi connectivity index (χ3n) is 3.80. The van der Waals surface area contributed by atoms with Crippen LogP contribution < -0.4 is 10.4 Å². The second-order valence-corrected chi connectivity index (χ2v) is 5.47. The molecule has 1 heterocycles. The molecular weight excluding hydrogens is 308 g/mol. The maximum Gasteiger partial charge on any atom is 0.343 e. The van der Waals surface area contributed by atoms with E-state index in [0.717, 1.165) is 5.56 Å². The predicted molar refractivity (Wildman–Crippen MR) is 90.3 cm³/mol. The van der Waals surface area contributed by atoms with Crippen LogP contribution in [0.3, 0.4) is 0 Å². The molecule has 3 aromatic rings. The molecule has 0 radical (unpaired) electrons. The zero-order valence-electron chi connectivity index (χ0n) is 13.1. The highest BCUT2D eigenvalue weighted by atomic mass is 16.5. The fourth-order valence-electron chi connectivity index (χ4n) is 2.57. The predicted octanol–water partition coefficient (Wildman–Crippen LogP) is 3.00. The third kappa shape index (κ3) is 3.41. The van der Waals surface area contributed by atoms with Gasteiger partial charge < -0.3 is 19.4 Å². The average molecular weight is 326 g/mol. The van der Waals surface area contributed by atoms with Crippen LogP contribution in [0.15, 0.2) is 57.7 Å². The van der Waals surface area contributed by atoms with Crippen molar-refractivity contribution in [2.45, 2.75) is 19.4 Å². The van der Waals surface area contributed by atoms with E-state index in [2.05, 4.69) is 0 Å². The van der Waals surface area contributed by atoms with E-state index in [0.29, 0.717) is 36.2 Å². The summed E-state index contributed by atoms with van der Waals surface area (Å²) in [5.41, 5.74) is 0.899. The van der Waals surface area contributed by atoms with E-state index < -0.39 is 5.63 Å². The number of aromatic hydroxyl groups is 1. The van der Waals surface area contributed by atoms with Crippen LogP contribution in [0.4, 0.5) is 0 Å². The Morgan fingerprint density at radius 1 is 1.08 bits per heavy atom. The lowest BCUT2D eigenvalue weighted by molar-refractivity contribution is 0.278. The Labute approximate surface area is 138 Å². The first-order valence-electron chi connectivity index (χ1n) is 7.75. The van der Waals surface area contributed by atoms with Gasteiger partial charge in [-0.2, -0.15) is 0 Å². The zero-order valence-corrected chi connectivity index (χ0v) is 13.1. The Balaban J connectivity index is 1.66. The molecule has 0 aliphatic rings. The van der Waals surface area contributed by atoms with E-state index in [1.807, 2.05) is 12.1 Å². The summed E-state index contributed by atoms with van der Waals surface area (Å²) >= 11 is 0. The van der Waals surface area contributed by atoms with Crippen molar-refractivity contribution in [2.24, 2.45) is 0 Å². The molecule has 0 unspecified atom stereocenters. The van der Waals surface area contributed by atoms with Crippen LogP contribution >= 0.6 is 0 Å². The minimum atomic E-state index is -0.520. The maximum absolute atomic E-state index is 12.0. The minimum absolute atomic E-state index is 0.0240. The van der Waals surface area contributed by atoms with E-state index in [-0.39, 0.29) is 17.9 Å². The first-order chi connectivity index (χ1) is 11.7. The molecule has 5 heteroatoms. The number of aliphatic hydroxyl groups excluding tert-OH is 1. The van der Waals surface area contributed by atoms with Gasteiger partial charge in [-0.3, -0.25) is 0 Å². The smallest absolute Gasteiger partial charge is 0.343 e.